The number of rotatable bonds is 6. The first-order valence-corrected chi connectivity index (χ1v) is 8.41. The van der Waals surface area contributed by atoms with E-state index in [2.05, 4.69) is 39.8 Å². The van der Waals surface area contributed by atoms with Crippen molar-refractivity contribution in [2.75, 3.05) is 33.4 Å². The van der Waals surface area contributed by atoms with Gasteiger partial charge in [0.25, 0.3) is 0 Å². The molecule has 1 aliphatic heterocycles. The summed E-state index contributed by atoms with van der Waals surface area (Å²) in [5, 5.41) is 15.4. The van der Waals surface area contributed by atoms with Gasteiger partial charge in [0.1, 0.15) is 5.60 Å². The molecule has 0 aromatic carbocycles. The van der Waals surface area contributed by atoms with Crippen LogP contribution in [0.3, 0.4) is 0 Å². The van der Waals surface area contributed by atoms with Crippen LogP contribution >= 0.6 is 15.9 Å². The second-order valence-electron chi connectivity index (χ2n) is 6.28. The van der Waals surface area contributed by atoms with Crippen molar-refractivity contribution in [3.63, 3.8) is 0 Å². The third kappa shape index (κ3) is 4.06. The number of nitrogens with zero attached hydrogens (tertiary/aromatic N) is 3. The molecule has 1 aliphatic rings. The maximum Gasteiger partial charge on any atom is 0.110 e. The Hall–Kier alpha value is -0.430. The summed E-state index contributed by atoms with van der Waals surface area (Å²) in [4.78, 5) is 2.43. The number of likely N-dealkylation sites (tertiary alicyclic amines) is 1. The molecule has 21 heavy (non-hydrogen) atoms. The topological polar surface area (TPSA) is 50.5 Å². The van der Waals surface area contributed by atoms with E-state index in [0.717, 1.165) is 42.6 Å². The van der Waals surface area contributed by atoms with E-state index in [9.17, 15) is 5.11 Å². The molecule has 1 aromatic heterocycles. The van der Waals surface area contributed by atoms with E-state index in [0.29, 0.717) is 19.1 Å². The minimum atomic E-state index is -0.795. The van der Waals surface area contributed by atoms with Crippen LogP contribution in [0, 0.1) is 5.92 Å². The average molecular weight is 360 g/mol. The van der Waals surface area contributed by atoms with Gasteiger partial charge in [-0.25, -0.2) is 0 Å². The summed E-state index contributed by atoms with van der Waals surface area (Å²) >= 11 is 3.54. The first kappa shape index (κ1) is 16.9. The van der Waals surface area contributed by atoms with Crippen molar-refractivity contribution in [1.29, 1.82) is 0 Å². The summed E-state index contributed by atoms with van der Waals surface area (Å²) in [5.41, 5.74) is 0.0973. The third-order valence-corrected chi connectivity index (χ3v) is 4.63. The Balaban J connectivity index is 2.09. The van der Waals surface area contributed by atoms with Crippen LogP contribution in [0.1, 0.15) is 32.4 Å². The van der Waals surface area contributed by atoms with E-state index >= 15 is 0 Å². The second kappa shape index (κ2) is 7.22. The van der Waals surface area contributed by atoms with Gasteiger partial charge < -0.3 is 14.7 Å². The Morgan fingerprint density at radius 1 is 1.43 bits per heavy atom. The number of aliphatic hydroxyl groups is 1. The van der Waals surface area contributed by atoms with Crippen molar-refractivity contribution in [1.82, 2.24) is 14.7 Å². The number of methoxy groups -OCH3 is 1. The Labute approximate surface area is 135 Å². The van der Waals surface area contributed by atoms with E-state index in [4.69, 9.17) is 4.74 Å². The molecule has 1 N–H and O–H groups in total. The second-order valence-corrected chi connectivity index (χ2v) is 7.14. The molecular formula is C15H26BrN3O2. The number of hydrogen-bond acceptors (Lipinski definition) is 4. The highest BCUT2D eigenvalue weighted by molar-refractivity contribution is 9.10. The highest BCUT2D eigenvalue weighted by Crippen LogP contribution is 2.37. The summed E-state index contributed by atoms with van der Waals surface area (Å²) in [5.74, 6) is 0.662. The summed E-state index contributed by atoms with van der Waals surface area (Å²) < 4.78 is 7.88. The molecule has 0 spiro atoms. The quantitative estimate of drug-likeness (QED) is 0.845. The third-order valence-electron chi connectivity index (χ3n) is 4.05. The Morgan fingerprint density at radius 2 is 2.10 bits per heavy atom. The number of hydrogen-bond donors (Lipinski definition) is 1. The molecule has 0 unspecified atom stereocenters. The minimum absolute atomic E-state index is 0.594. The van der Waals surface area contributed by atoms with Crippen molar-refractivity contribution < 1.29 is 9.84 Å². The van der Waals surface area contributed by atoms with Crippen molar-refractivity contribution in [2.45, 2.75) is 38.8 Å². The van der Waals surface area contributed by atoms with Gasteiger partial charge in [-0.2, -0.15) is 5.10 Å². The number of aromatic nitrogens is 2. The van der Waals surface area contributed by atoms with Crippen LogP contribution in [0.25, 0.3) is 0 Å². The van der Waals surface area contributed by atoms with Crippen molar-refractivity contribution in [3.8, 4) is 0 Å². The maximum atomic E-state index is 11.1. The van der Waals surface area contributed by atoms with E-state index in [1.54, 1.807) is 13.3 Å². The zero-order valence-corrected chi connectivity index (χ0v) is 14.8. The first-order valence-electron chi connectivity index (χ1n) is 7.61. The van der Waals surface area contributed by atoms with Gasteiger partial charge in [0, 0.05) is 26.7 Å². The van der Waals surface area contributed by atoms with Crippen molar-refractivity contribution >= 4 is 15.9 Å². The highest BCUT2D eigenvalue weighted by atomic mass is 79.9. The van der Waals surface area contributed by atoms with Gasteiger partial charge in [0.2, 0.25) is 0 Å². The molecule has 5 nitrogen and oxygen atoms in total. The lowest BCUT2D eigenvalue weighted by atomic mass is 9.87. The van der Waals surface area contributed by atoms with Crippen molar-refractivity contribution in [2.24, 2.45) is 5.92 Å². The van der Waals surface area contributed by atoms with Gasteiger partial charge in [0.05, 0.1) is 29.5 Å². The SMILES string of the molecule is COCCn1ncc(Br)c1C1(O)CCN(CC(C)C)CC1. The highest BCUT2D eigenvalue weighted by Gasteiger charge is 2.38. The average Bonchev–Trinajstić information content (AvgIpc) is 2.80. The monoisotopic (exact) mass is 359 g/mol. The molecule has 0 atom stereocenters. The van der Waals surface area contributed by atoms with Crippen LogP contribution in [0.15, 0.2) is 10.7 Å². The summed E-state index contributed by atoms with van der Waals surface area (Å²) in [6.45, 7) is 8.67. The molecule has 0 radical (unpaired) electrons. The standard InChI is InChI=1S/C15H26BrN3O2/c1-12(2)11-18-6-4-15(20,5-7-18)14-13(16)10-17-19(14)8-9-21-3/h10,12,20H,4-9,11H2,1-3H3. The zero-order chi connectivity index (χ0) is 15.5. The predicted molar refractivity (Wildman–Crippen MR) is 86.2 cm³/mol. The number of piperidine rings is 1. The van der Waals surface area contributed by atoms with Crippen LogP contribution in [0.5, 0.6) is 0 Å². The Kier molecular flexibility index (Phi) is 5.82. The van der Waals surface area contributed by atoms with Gasteiger partial charge in [-0.3, -0.25) is 4.68 Å². The molecule has 0 saturated carbocycles. The summed E-state index contributed by atoms with van der Waals surface area (Å²) in [6.07, 6.45) is 3.26. The molecule has 1 saturated heterocycles. The van der Waals surface area contributed by atoms with E-state index in [1.807, 2.05) is 4.68 Å². The fourth-order valence-corrected chi connectivity index (χ4v) is 3.70. The largest absolute Gasteiger partial charge is 0.383 e. The lowest BCUT2D eigenvalue weighted by molar-refractivity contribution is -0.0357. The van der Waals surface area contributed by atoms with E-state index in [-0.39, 0.29) is 0 Å². The number of ether oxygens (including phenoxy) is 1. The van der Waals surface area contributed by atoms with Gasteiger partial charge in [-0.1, -0.05) is 13.8 Å². The van der Waals surface area contributed by atoms with E-state index < -0.39 is 5.60 Å². The van der Waals surface area contributed by atoms with Crippen LogP contribution < -0.4 is 0 Å². The molecule has 6 heteroatoms. The Bertz CT molecular complexity index is 454. The van der Waals surface area contributed by atoms with Crippen LogP contribution in [0.4, 0.5) is 0 Å². The molecule has 2 rings (SSSR count). The molecule has 1 aromatic rings. The lowest BCUT2D eigenvalue weighted by Crippen LogP contribution is -2.45. The van der Waals surface area contributed by atoms with E-state index in [1.165, 1.54) is 0 Å². The number of halogens is 1. The fourth-order valence-electron chi connectivity index (χ4n) is 3.03. The molecular weight excluding hydrogens is 334 g/mol. The first-order chi connectivity index (χ1) is 9.96. The van der Waals surface area contributed by atoms with Crippen LogP contribution in [-0.4, -0.2) is 53.1 Å². The Morgan fingerprint density at radius 3 is 2.67 bits per heavy atom. The zero-order valence-electron chi connectivity index (χ0n) is 13.2. The molecule has 0 amide bonds. The fraction of sp³-hybridized carbons (Fsp3) is 0.800. The maximum absolute atomic E-state index is 11.1. The predicted octanol–water partition coefficient (Wildman–Crippen LogP) is 2.23. The van der Waals surface area contributed by atoms with Gasteiger partial charge in [-0.05, 0) is 34.7 Å². The van der Waals surface area contributed by atoms with Crippen molar-refractivity contribution in [3.05, 3.63) is 16.4 Å². The molecule has 1 fully saturated rings. The molecule has 120 valence electrons. The smallest absolute Gasteiger partial charge is 0.110 e. The normalized spacial score (nSPS) is 19.3. The summed E-state index contributed by atoms with van der Waals surface area (Å²) in [6, 6.07) is 0. The molecule has 0 bridgehead atoms. The lowest BCUT2D eigenvalue weighted by Gasteiger charge is -2.39. The minimum Gasteiger partial charge on any atom is -0.383 e. The van der Waals surface area contributed by atoms with Gasteiger partial charge >= 0.3 is 0 Å². The summed E-state index contributed by atoms with van der Waals surface area (Å²) in [7, 11) is 1.68. The van der Waals surface area contributed by atoms with Gasteiger partial charge in [0.15, 0.2) is 0 Å². The van der Waals surface area contributed by atoms with Gasteiger partial charge in [-0.15, -0.1) is 0 Å². The van der Waals surface area contributed by atoms with Crippen LogP contribution in [0.2, 0.25) is 0 Å². The molecule has 2 heterocycles. The molecule has 0 aliphatic carbocycles. The van der Waals surface area contributed by atoms with Crippen LogP contribution in [-0.2, 0) is 16.9 Å².